The molecule has 3 aromatic rings. The van der Waals surface area contributed by atoms with E-state index < -0.39 is 10.0 Å². The van der Waals surface area contributed by atoms with E-state index in [1.807, 2.05) is 43.3 Å². The number of para-hydroxylation sites is 2. The van der Waals surface area contributed by atoms with E-state index in [0.29, 0.717) is 37.6 Å². The fourth-order valence-electron chi connectivity index (χ4n) is 3.28. The first kappa shape index (κ1) is 17.2. The van der Waals surface area contributed by atoms with Gasteiger partial charge in [-0.25, -0.2) is 13.4 Å². The van der Waals surface area contributed by atoms with E-state index in [0.717, 1.165) is 22.4 Å². The van der Waals surface area contributed by atoms with Crippen molar-refractivity contribution >= 4 is 21.1 Å². The Morgan fingerprint density at radius 2 is 1.69 bits per heavy atom. The monoisotopic (exact) mass is 370 g/mol. The fourth-order valence-corrected chi connectivity index (χ4v) is 4.70. The molecule has 1 saturated heterocycles. The minimum Gasteiger partial charge on any atom is -0.341 e. The lowest BCUT2D eigenvalue weighted by atomic mass is 10.2. The minimum absolute atomic E-state index is 0.369. The number of nitrogens with zero attached hydrogens (tertiary/aromatic N) is 3. The Morgan fingerprint density at radius 3 is 2.38 bits per heavy atom. The molecule has 0 amide bonds. The number of piperazine rings is 1. The lowest BCUT2D eigenvalue weighted by molar-refractivity contribution is 0.178. The highest BCUT2D eigenvalue weighted by Crippen LogP contribution is 2.19. The summed E-state index contributed by atoms with van der Waals surface area (Å²) in [5.41, 5.74) is 3.05. The number of aromatic nitrogens is 2. The Bertz CT molecular complexity index is 970. The molecular formula is C19H22N4O2S. The number of benzene rings is 2. The molecule has 0 spiro atoms. The van der Waals surface area contributed by atoms with Gasteiger partial charge in [0.15, 0.2) is 0 Å². The zero-order valence-corrected chi connectivity index (χ0v) is 15.5. The lowest BCUT2D eigenvalue weighted by Crippen LogP contribution is -2.48. The second kappa shape index (κ2) is 6.83. The van der Waals surface area contributed by atoms with Crippen molar-refractivity contribution in [1.29, 1.82) is 0 Å². The maximum Gasteiger partial charge on any atom is 0.243 e. The van der Waals surface area contributed by atoms with E-state index in [4.69, 9.17) is 0 Å². The van der Waals surface area contributed by atoms with Crippen LogP contribution in [0.2, 0.25) is 0 Å². The van der Waals surface area contributed by atoms with Gasteiger partial charge in [-0.3, -0.25) is 4.90 Å². The number of sulfonamides is 1. The molecule has 136 valence electrons. The van der Waals surface area contributed by atoms with Crippen molar-refractivity contribution in [3.63, 3.8) is 0 Å². The largest absolute Gasteiger partial charge is 0.341 e. The Kier molecular flexibility index (Phi) is 4.52. The predicted molar refractivity (Wildman–Crippen MR) is 101 cm³/mol. The third kappa shape index (κ3) is 3.38. The van der Waals surface area contributed by atoms with Crippen LogP contribution >= 0.6 is 0 Å². The average molecular weight is 370 g/mol. The Hall–Kier alpha value is -2.22. The van der Waals surface area contributed by atoms with Gasteiger partial charge in [-0.1, -0.05) is 29.8 Å². The van der Waals surface area contributed by atoms with E-state index >= 15 is 0 Å². The Morgan fingerprint density at radius 1 is 1.00 bits per heavy atom. The predicted octanol–water partition coefficient (Wildman–Crippen LogP) is 2.38. The number of H-pyrrole nitrogens is 1. The van der Waals surface area contributed by atoms with Gasteiger partial charge in [0.25, 0.3) is 0 Å². The van der Waals surface area contributed by atoms with Crippen molar-refractivity contribution in [2.75, 3.05) is 26.2 Å². The van der Waals surface area contributed by atoms with Crippen LogP contribution in [-0.4, -0.2) is 53.8 Å². The molecule has 0 aliphatic carbocycles. The molecular weight excluding hydrogens is 348 g/mol. The van der Waals surface area contributed by atoms with E-state index in [9.17, 15) is 8.42 Å². The highest BCUT2D eigenvalue weighted by atomic mass is 32.2. The number of hydrogen-bond donors (Lipinski definition) is 1. The van der Waals surface area contributed by atoms with Crippen molar-refractivity contribution in [3.05, 3.63) is 59.9 Å². The van der Waals surface area contributed by atoms with Gasteiger partial charge in [-0.15, -0.1) is 0 Å². The highest BCUT2D eigenvalue weighted by molar-refractivity contribution is 7.89. The molecule has 0 radical (unpaired) electrons. The van der Waals surface area contributed by atoms with Crippen molar-refractivity contribution in [2.24, 2.45) is 0 Å². The molecule has 0 saturated carbocycles. The number of fused-ring (bicyclic) bond motifs is 1. The Balaban J connectivity index is 1.41. The highest BCUT2D eigenvalue weighted by Gasteiger charge is 2.28. The van der Waals surface area contributed by atoms with Gasteiger partial charge < -0.3 is 4.98 Å². The molecule has 1 aliphatic heterocycles. The lowest BCUT2D eigenvalue weighted by Gasteiger charge is -2.33. The summed E-state index contributed by atoms with van der Waals surface area (Å²) in [5.74, 6) is 0.918. The standard InChI is InChI=1S/C19H22N4O2S/c1-15-6-8-16(9-7-15)26(24,25)23-12-10-22(11-13-23)14-19-20-17-4-2-3-5-18(17)21-19/h2-9H,10-14H2,1H3,(H,20,21). The van der Waals surface area contributed by atoms with Crippen LogP contribution in [0.25, 0.3) is 11.0 Å². The Labute approximate surface area is 153 Å². The molecule has 1 aromatic heterocycles. The minimum atomic E-state index is -3.41. The summed E-state index contributed by atoms with van der Waals surface area (Å²) in [5, 5.41) is 0. The molecule has 7 heteroatoms. The third-order valence-corrected chi connectivity index (χ3v) is 6.71. The summed E-state index contributed by atoms with van der Waals surface area (Å²) < 4.78 is 27.1. The SMILES string of the molecule is Cc1ccc(S(=O)(=O)N2CCN(Cc3nc4ccccc4[nH]3)CC2)cc1. The van der Waals surface area contributed by atoms with Crippen LogP contribution in [0.4, 0.5) is 0 Å². The van der Waals surface area contributed by atoms with Gasteiger partial charge in [0.2, 0.25) is 10.0 Å². The van der Waals surface area contributed by atoms with Gasteiger partial charge in [0.1, 0.15) is 5.82 Å². The molecule has 1 fully saturated rings. The molecule has 1 aliphatic rings. The molecule has 4 rings (SSSR count). The van der Waals surface area contributed by atoms with E-state index in [2.05, 4.69) is 14.9 Å². The molecule has 26 heavy (non-hydrogen) atoms. The molecule has 2 heterocycles. The van der Waals surface area contributed by atoms with Gasteiger partial charge in [-0.2, -0.15) is 4.31 Å². The number of hydrogen-bond acceptors (Lipinski definition) is 4. The van der Waals surface area contributed by atoms with Crippen molar-refractivity contribution < 1.29 is 8.42 Å². The van der Waals surface area contributed by atoms with Gasteiger partial charge in [0, 0.05) is 26.2 Å². The average Bonchev–Trinajstić information content (AvgIpc) is 3.05. The summed E-state index contributed by atoms with van der Waals surface area (Å²) in [4.78, 5) is 10.5. The van der Waals surface area contributed by atoms with Crippen LogP contribution < -0.4 is 0 Å². The van der Waals surface area contributed by atoms with E-state index in [-0.39, 0.29) is 0 Å². The molecule has 0 unspecified atom stereocenters. The molecule has 0 atom stereocenters. The quantitative estimate of drug-likeness (QED) is 0.766. The summed E-state index contributed by atoms with van der Waals surface area (Å²) in [7, 11) is -3.41. The molecule has 2 aromatic carbocycles. The molecule has 1 N–H and O–H groups in total. The third-order valence-electron chi connectivity index (χ3n) is 4.80. The van der Waals surface area contributed by atoms with Crippen LogP contribution in [0.5, 0.6) is 0 Å². The number of aromatic amines is 1. The fraction of sp³-hybridized carbons (Fsp3) is 0.316. The number of imidazole rings is 1. The summed E-state index contributed by atoms with van der Waals surface area (Å²) in [6, 6.07) is 15.0. The summed E-state index contributed by atoms with van der Waals surface area (Å²) >= 11 is 0. The maximum absolute atomic E-state index is 12.8. The number of rotatable bonds is 4. The summed E-state index contributed by atoms with van der Waals surface area (Å²) in [6.45, 7) is 5.04. The first-order valence-corrected chi connectivity index (χ1v) is 10.2. The van der Waals surface area contributed by atoms with Gasteiger partial charge in [-0.05, 0) is 31.2 Å². The number of aryl methyl sites for hydroxylation is 1. The van der Waals surface area contributed by atoms with E-state index in [1.165, 1.54) is 0 Å². The van der Waals surface area contributed by atoms with Crippen LogP contribution in [0.3, 0.4) is 0 Å². The smallest absolute Gasteiger partial charge is 0.243 e. The second-order valence-corrected chi connectivity index (χ2v) is 8.63. The zero-order valence-electron chi connectivity index (χ0n) is 14.7. The van der Waals surface area contributed by atoms with Crippen molar-refractivity contribution in [3.8, 4) is 0 Å². The van der Waals surface area contributed by atoms with Gasteiger partial charge in [0.05, 0.1) is 22.5 Å². The first-order chi connectivity index (χ1) is 12.5. The summed E-state index contributed by atoms with van der Waals surface area (Å²) in [6.07, 6.45) is 0. The number of nitrogens with one attached hydrogen (secondary N) is 1. The first-order valence-electron chi connectivity index (χ1n) is 8.75. The zero-order chi connectivity index (χ0) is 18.1. The normalized spacial score (nSPS) is 17.0. The molecule has 0 bridgehead atoms. The van der Waals surface area contributed by atoms with E-state index in [1.54, 1.807) is 16.4 Å². The van der Waals surface area contributed by atoms with Crippen LogP contribution in [0.1, 0.15) is 11.4 Å². The van der Waals surface area contributed by atoms with Crippen molar-refractivity contribution in [1.82, 2.24) is 19.2 Å². The molecule has 6 nitrogen and oxygen atoms in total. The van der Waals surface area contributed by atoms with Gasteiger partial charge >= 0.3 is 0 Å². The topological polar surface area (TPSA) is 69.3 Å². The van der Waals surface area contributed by atoms with Crippen LogP contribution in [-0.2, 0) is 16.6 Å². The van der Waals surface area contributed by atoms with Crippen LogP contribution in [0.15, 0.2) is 53.4 Å². The van der Waals surface area contributed by atoms with Crippen molar-refractivity contribution in [2.45, 2.75) is 18.4 Å². The maximum atomic E-state index is 12.8. The second-order valence-electron chi connectivity index (χ2n) is 6.69. The van der Waals surface area contributed by atoms with Crippen LogP contribution in [0, 0.1) is 6.92 Å².